The lowest BCUT2D eigenvalue weighted by Gasteiger charge is -2.17. The monoisotopic (exact) mass is 292 g/mol. The topological polar surface area (TPSA) is 20.2 Å². The van der Waals surface area contributed by atoms with Crippen LogP contribution in [0.15, 0.2) is 21.8 Å². The highest BCUT2D eigenvalue weighted by Gasteiger charge is 2.12. The van der Waals surface area contributed by atoms with Crippen molar-refractivity contribution in [2.24, 2.45) is 5.92 Å². The van der Waals surface area contributed by atoms with Crippen LogP contribution in [0.25, 0.3) is 0 Å². The zero-order valence-corrected chi connectivity index (χ0v) is 10.2. The number of rotatable bonds is 3. The van der Waals surface area contributed by atoms with Gasteiger partial charge in [-0.15, -0.1) is 0 Å². The molecule has 0 saturated heterocycles. The molecule has 1 N–H and O–H groups in total. The Morgan fingerprint density at radius 2 is 2.54 bits per heavy atom. The smallest absolute Gasteiger partial charge is 0.0736 e. The van der Waals surface area contributed by atoms with E-state index in [2.05, 4.69) is 34.7 Å². The van der Waals surface area contributed by atoms with Crippen LogP contribution in [0.5, 0.6) is 0 Å². The van der Waals surface area contributed by atoms with E-state index in [0.29, 0.717) is 5.92 Å². The van der Waals surface area contributed by atoms with Gasteiger partial charge in [-0.25, -0.2) is 0 Å². The second kappa shape index (κ2) is 5.81. The molecule has 0 saturated carbocycles. The summed E-state index contributed by atoms with van der Waals surface area (Å²) in [5, 5.41) is 9.66. The summed E-state index contributed by atoms with van der Waals surface area (Å²) in [6.45, 7) is 2.01. The molecule has 2 atom stereocenters. The van der Waals surface area contributed by atoms with Gasteiger partial charge in [0.1, 0.15) is 0 Å². The number of hydrogen-bond donors (Lipinski definition) is 1. The van der Waals surface area contributed by atoms with Crippen LogP contribution in [0.4, 0.5) is 0 Å². The highest BCUT2D eigenvalue weighted by molar-refractivity contribution is 14.1. The summed E-state index contributed by atoms with van der Waals surface area (Å²) in [6, 6.07) is 0. The first kappa shape index (κ1) is 11.2. The third-order valence-corrected chi connectivity index (χ3v) is 2.68. The third kappa shape index (κ3) is 4.81. The van der Waals surface area contributed by atoms with Crippen molar-refractivity contribution in [3.63, 3.8) is 0 Å². The zero-order chi connectivity index (χ0) is 9.68. The second-order valence-electron chi connectivity index (χ2n) is 3.68. The lowest BCUT2D eigenvalue weighted by Crippen LogP contribution is -2.11. The van der Waals surface area contributed by atoms with E-state index < -0.39 is 0 Å². The largest absolute Gasteiger partial charge is 0.389 e. The SMILES string of the molecule is C/C(I)=C/C(O)CC1C=CCCC1. The normalized spacial score (nSPS) is 26.1. The molecule has 0 aromatic rings. The molecule has 13 heavy (non-hydrogen) atoms. The van der Waals surface area contributed by atoms with Crippen molar-refractivity contribution in [3.8, 4) is 0 Å². The van der Waals surface area contributed by atoms with Crippen LogP contribution in [-0.2, 0) is 0 Å². The summed E-state index contributed by atoms with van der Waals surface area (Å²) in [7, 11) is 0. The Morgan fingerprint density at radius 1 is 1.77 bits per heavy atom. The van der Waals surface area contributed by atoms with Crippen molar-refractivity contribution in [2.75, 3.05) is 0 Å². The molecule has 1 rings (SSSR count). The van der Waals surface area contributed by atoms with E-state index >= 15 is 0 Å². The lowest BCUT2D eigenvalue weighted by molar-refractivity contribution is 0.192. The van der Waals surface area contributed by atoms with Gasteiger partial charge in [0.2, 0.25) is 0 Å². The first-order valence-electron chi connectivity index (χ1n) is 4.87. The molecule has 1 aliphatic rings. The lowest BCUT2D eigenvalue weighted by atomic mass is 9.91. The van der Waals surface area contributed by atoms with Crippen LogP contribution in [0.2, 0.25) is 0 Å². The highest BCUT2D eigenvalue weighted by Crippen LogP contribution is 2.22. The standard InChI is InChI=1S/C11H17IO/c1-9(12)7-11(13)8-10-5-3-2-4-6-10/h3,5,7,10-11,13H,2,4,6,8H2,1H3/b9-7-. The summed E-state index contributed by atoms with van der Waals surface area (Å²) in [5.41, 5.74) is 0. The molecule has 0 bridgehead atoms. The Bertz CT molecular complexity index is 204. The molecule has 0 aliphatic heterocycles. The maximum Gasteiger partial charge on any atom is 0.0736 e. The fourth-order valence-corrected chi connectivity index (χ4v) is 2.14. The van der Waals surface area contributed by atoms with E-state index in [1.807, 2.05) is 13.0 Å². The maximum absolute atomic E-state index is 9.66. The molecule has 0 radical (unpaired) electrons. The number of halogens is 1. The van der Waals surface area contributed by atoms with Crippen LogP contribution in [0.1, 0.15) is 32.6 Å². The summed E-state index contributed by atoms with van der Waals surface area (Å²) in [5.74, 6) is 0.593. The fraction of sp³-hybridized carbons (Fsp3) is 0.636. The second-order valence-corrected chi connectivity index (χ2v) is 5.38. The van der Waals surface area contributed by atoms with E-state index in [1.54, 1.807) is 0 Å². The van der Waals surface area contributed by atoms with Crippen molar-refractivity contribution in [1.29, 1.82) is 0 Å². The Balaban J connectivity index is 2.34. The molecular formula is C11H17IO. The zero-order valence-electron chi connectivity index (χ0n) is 8.04. The van der Waals surface area contributed by atoms with Gasteiger partial charge in [0.05, 0.1) is 6.10 Å². The molecular weight excluding hydrogens is 275 g/mol. The Labute approximate surface area is 94.1 Å². The molecule has 0 fully saturated rings. The van der Waals surface area contributed by atoms with Gasteiger partial charge >= 0.3 is 0 Å². The molecule has 0 aromatic carbocycles. The van der Waals surface area contributed by atoms with Gasteiger partial charge in [-0.2, -0.15) is 0 Å². The summed E-state index contributed by atoms with van der Waals surface area (Å²) < 4.78 is 1.17. The molecule has 0 heterocycles. The molecule has 0 aromatic heterocycles. The van der Waals surface area contributed by atoms with Gasteiger partial charge in [0.25, 0.3) is 0 Å². The van der Waals surface area contributed by atoms with Crippen LogP contribution in [0, 0.1) is 5.92 Å². The molecule has 1 aliphatic carbocycles. The Kier molecular flexibility index (Phi) is 5.02. The van der Waals surface area contributed by atoms with E-state index in [4.69, 9.17) is 0 Å². The summed E-state index contributed by atoms with van der Waals surface area (Å²) >= 11 is 2.23. The van der Waals surface area contributed by atoms with E-state index in [9.17, 15) is 5.11 Å². The van der Waals surface area contributed by atoms with Gasteiger partial charge in [-0.3, -0.25) is 0 Å². The van der Waals surface area contributed by atoms with E-state index in [1.165, 1.54) is 22.8 Å². The third-order valence-electron chi connectivity index (χ3n) is 2.32. The van der Waals surface area contributed by atoms with Crippen molar-refractivity contribution in [1.82, 2.24) is 0 Å². The molecule has 1 nitrogen and oxygen atoms in total. The molecule has 0 amide bonds. The van der Waals surface area contributed by atoms with E-state index in [-0.39, 0.29) is 6.10 Å². The predicted molar refractivity (Wildman–Crippen MR) is 64.9 cm³/mol. The Morgan fingerprint density at radius 3 is 3.08 bits per heavy atom. The van der Waals surface area contributed by atoms with Gasteiger partial charge in [0, 0.05) is 0 Å². The number of aliphatic hydroxyl groups is 1. The van der Waals surface area contributed by atoms with Crippen molar-refractivity contribution in [2.45, 2.75) is 38.7 Å². The Hall–Kier alpha value is 0.170. The van der Waals surface area contributed by atoms with Crippen molar-refractivity contribution >= 4 is 22.6 Å². The maximum atomic E-state index is 9.66. The summed E-state index contributed by atoms with van der Waals surface area (Å²) in [6.07, 6.45) is 10.8. The van der Waals surface area contributed by atoms with Crippen LogP contribution in [0.3, 0.4) is 0 Å². The van der Waals surface area contributed by atoms with Gasteiger partial charge < -0.3 is 5.11 Å². The average Bonchev–Trinajstić information content (AvgIpc) is 2.04. The van der Waals surface area contributed by atoms with Gasteiger partial charge in [0.15, 0.2) is 0 Å². The van der Waals surface area contributed by atoms with Crippen molar-refractivity contribution < 1.29 is 5.11 Å². The van der Waals surface area contributed by atoms with Gasteiger partial charge in [-0.1, -0.05) is 12.2 Å². The summed E-state index contributed by atoms with van der Waals surface area (Å²) in [4.78, 5) is 0. The minimum Gasteiger partial charge on any atom is -0.389 e. The van der Waals surface area contributed by atoms with Crippen molar-refractivity contribution in [3.05, 3.63) is 21.8 Å². The average molecular weight is 292 g/mol. The number of allylic oxidation sites excluding steroid dienone is 3. The van der Waals surface area contributed by atoms with Gasteiger partial charge in [-0.05, 0) is 70.8 Å². The van der Waals surface area contributed by atoms with Crippen LogP contribution in [-0.4, -0.2) is 11.2 Å². The fourth-order valence-electron chi connectivity index (χ4n) is 1.72. The minimum atomic E-state index is -0.260. The minimum absolute atomic E-state index is 0.260. The van der Waals surface area contributed by atoms with E-state index in [0.717, 1.165) is 6.42 Å². The first-order chi connectivity index (χ1) is 6.18. The number of aliphatic hydroxyl groups excluding tert-OH is 1. The first-order valence-corrected chi connectivity index (χ1v) is 5.95. The molecule has 74 valence electrons. The number of hydrogen-bond acceptors (Lipinski definition) is 1. The molecule has 2 unspecified atom stereocenters. The van der Waals surface area contributed by atoms with Crippen LogP contribution >= 0.6 is 22.6 Å². The molecule has 0 spiro atoms. The predicted octanol–water partition coefficient (Wildman–Crippen LogP) is 3.43. The quantitative estimate of drug-likeness (QED) is 0.624. The molecule has 2 heteroatoms. The highest BCUT2D eigenvalue weighted by atomic mass is 127. The van der Waals surface area contributed by atoms with Crippen LogP contribution < -0.4 is 0 Å².